The zero-order chi connectivity index (χ0) is 31.6. The molecule has 0 atom stereocenters. The Morgan fingerprint density at radius 2 is 0.896 bits per heavy atom. The fraction of sp³-hybridized carbons (Fsp3) is 0. The van der Waals surface area contributed by atoms with Crippen molar-refractivity contribution in [3.63, 3.8) is 0 Å². The van der Waals surface area contributed by atoms with Crippen LogP contribution >= 0.6 is 0 Å². The lowest BCUT2D eigenvalue weighted by atomic mass is 9.95. The van der Waals surface area contributed by atoms with E-state index in [9.17, 15) is 0 Å². The molecule has 0 bridgehead atoms. The molecule has 0 saturated heterocycles. The second kappa shape index (κ2) is 10.5. The van der Waals surface area contributed by atoms with Crippen molar-refractivity contribution in [2.24, 2.45) is 0 Å². The SMILES string of the molecule is c1ccc(-c2nc(-c3ccc4oc5ccccc5c4c3)nc(-c3ccc4oc5c6ccccc6cc(-c6ccccc6)c5c4c3)n2)cc1. The van der Waals surface area contributed by atoms with Crippen LogP contribution in [0.1, 0.15) is 0 Å². The molecule has 5 nitrogen and oxygen atoms in total. The summed E-state index contributed by atoms with van der Waals surface area (Å²) in [7, 11) is 0. The Morgan fingerprint density at radius 1 is 0.354 bits per heavy atom. The maximum Gasteiger partial charge on any atom is 0.164 e. The zero-order valence-corrected chi connectivity index (χ0v) is 25.6. The van der Waals surface area contributed by atoms with Gasteiger partial charge in [-0.2, -0.15) is 0 Å². The largest absolute Gasteiger partial charge is 0.456 e. The molecule has 10 rings (SSSR count). The summed E-state index contributed by atoms with van der Waals surface area (Å²) >= 11 is 0. The van der Waals surface area contributed by atoms with Gasteiger partial charge in [0.2, 0.25) is 0 Å². The van der Waals surface area contributed by atoms with E-state index in [2.05, 4.69) is 72.8 Å². The lowest BCUT2D eigenvalue weighted by molar-refractivity contribution is 0.669. The smallest absolute Gasteiger partial charge is 0.164 e. The molecule has 0 unspecified atom stereocenters. The monoisotopic (exact) mass is 615 g/mol. The second-order valence-corrected chi connectivity index (χ2v) is 12.0. The van der Waals surface area contributed by atoms with Gasteiger partial charge >= 0.3 is 0 Å². The van der Waals surface area contributed by atoms with Gasteiger partial charge in [0.15, 0.2) is 17.5 Å². The van der Waals surface area contributed by atoms with Crippen LogP contribution in [0.5, 0.6) is 0 Å². The van der Waals surface area contributed by atoms with Gasteiger partial charge in [-0.05, 0) is 65.0 Å². The van der Waals surface area contributed by atoms with E-state index in [0.717, 1.165) is 82.5 Å². The van der Waals surface area contributed by atoms with E-state index in [1.165, 1.54) is 0 Å². The normalized spacial score (nSPS) is 11.8. The van der Waals surface area contributed by atoms with Gasteiger partial charge in [0, 0.05) is 43.6 Å². The second-order valence-electron chi connectivity index (χ2n) is 12.0. The highest BCUT2D eigenvalue weighted by Crippen LogP contribution is 2.42. The van der Waals surface area contributed by atoms with E-state index >= 15 is 0 Å². The number of furan rings is 2. The Hall–Kier alpha value is -6.59. The molecule has 0 N–H and O–H groups in total. The van der Waals surface area contributed by atoms with E-state index in [-0.39, 0.29) is 0 Å². The lowest BCUT2D eigenvalue weighted by Gasteiger charge is -2.09. The lowest BCUT2D eigenvalue weighted by Crippen LogP contribution is -2.00. The van der Waals surface area contributed by atoms with Crippen molar-refractivity contribution >= 4 is 54.6 Å². The minimum Gasteiger partial charge on any atom is -0.456 e. The van der Waals surface area contributed by atoms with E-state index in [4.69, 9.17) is 23.8 Å². The van der Waals surface area contributed by atoms with E-state index < -0.39 is 0 Å². The Balaban J connectivity index is 1.21. The summed E-state index contributed by atoms with van der Waals surface area (Å²) in [5.74, 6) is 1.80. The van der Waals surface area contributed by atoms with Crippen molar-refractivity contribution in [1.82, 2.24) is 15.0 Å². The summed E-state index contributed by atoms with van der Waals surface area (Å²) in [4.78, 5) is 15.1. The molecule has 0 amide bonds. The molecule has 0 aliphatic heterocycles. The molecule has 0 aliphatic rings. The van der Waals surface area contributed by atoms with Crippen LogP contribution in [-0.4, -0.2) is 15.0 Å². The minimum atomic E-state index is 0.592. The number of hydrogen-bond donors (Lipinski definition) is 0. The molecule has 0 aliphatic carbocycles. The predicted molar refractivity (Wildman–Crippen MR) is 194 cm³/mol. The maximum absolute atomic E-state index is 6.61. The highest BCUT2D eigenvalue weighted by atomic mass is 16.3. The van der Waals surface area contributed by atoms with Gasteiger partial charge in [-0.3, -0.25) is 0 Å². The molecule has 0 spiro atoms. The Bertz CT molecular complexity index is 2840. The topological polar surface area (TPSA) is 65.0 Å². The molecule has 3 aromatic heterocycles. The Morgan fingerprint density at radius 3 is 1.62 bits per heavy atom. The first kappa shape index (κ1) is 26.6. The van der Waals surface area contributed by atoms with Crippen LogP contribution in [0.3, 0.4) is 0 Å². The fourth-order valence-electron chi connectivity index (χ4n) is 6.81. The molecular weight excluding hydrogens is 590 g/mol. The fourth-order valence-corrected chi connectivity index (χ4v) is 6.81. The molecule has 3 heterocycles. The molecule has 0 radical (unpaired) electrons. The van der Waals surface area contributed by atoms with Gasteiger partial charge < -0.3 is 8.83 Å². The molecule has 0 saturated carbocycles. The van der Waals surface area contributed by atoms with Crippen molar-refractivity contribution in [3.8, 4) is 45.3 Å². The first-order valence-electron chi connectivity index (χ1n) is 15.9. The molecule has 5 heteroatoms. The minimum absolute atomic E-state index is 0.592. The first-order chi connectivity index (χ1) is 23.8. The third-order valence-electron chi connectivity index (χ3n) is 9.11. The van der Waals surface area contributed by atoms with Crippen LogP contribution in [0.25, 0.3) is 99.9 Å². The molecule has 7 aromatic carbocycles. The molecule has 224 valence electrons. The summed E-state index contributed by atoms with van der Waals surface area (Å²) in [5.41, 5.74) is 8.34. The van der Waals surface area contributed by atoms with Crippen molar-refractivity contribution in [2.45, 2.75) is 0 Å². The highest BCUT2D eigenvalue weighted by Gasteiger charge is 2.19. The summed E-state index contributed by atoms with van der Waals surface area (Å²) in [6, 6.07) is 51.6. The van der Waals surface area contributed by atoms with Crippen LogP contribution in [-0.2, 0) is 0 Å². The number of benzene rings is 7. The van der Waals surface area contributed by atoms with E-state index in [0.29, 0.717) is 17.5 Å². The van der Waals surface area contributed by atoms with Crippen LogP contribution in [0, 0.1) is 0 Å². The highest BCUT2D eigenvalue weighted by molar-refractivity contribution is 6.21. The van der Waals surface area contributed by atoms with Gasteiger partial charge in [0.05, 0.1) is 0 Å². The molecule has 0 fully saturated rings. The molecule has 48 heavy (non-hydrogen) atoms. The van der Waals surface area contributed by atoms with Gasteiger partial charge in [-0.25, -0.2) is 15.0 Å². The van der Waals surface area contributed by atoms with Crippen molar-refractivity contribution < 1.29 is 8.83 Å². The van der Waals surface area contributed by atoms with Crippen molar-refractivity contribution in [1.29, 1.82) is 0 Å². The average Bonchev–Trinajstić information content (AvgIpc) is 3.73. The van der Waals surface area contributed by atoms with Crippen molar-refractivity contribution in [2.75, 3.05) is 0 Å². The third-order valence-corrected chi connectivity index (χ3v) is 9.11. The maximum atomic E-state index is 6.61. The summed E-state index contributed by atoms with van der Waals surface area (Å²) in [5, 5.41) is 6.40. The van der Waals surface area contributed by atoms with E-state index in [1.807, 2.05) is 78.9 Å². The van der Waals surface area contributed by atoms with Gasteiger partial charge in [-0.1, -0.05) is 103 Å². The summed E-state index contributed by atoms with van der Waals surface area (Å²) in [6.45, 7) is 0. The average molecular weight is 616 g/mol. The number of rotatable bonds is 4. The number of aromatic nitrogens is 3. The van der Waals surface area contributed by atoms with Gasteiger partial charge in [0.1, 0.15) is 22.3 Å². The summed E-state index contributed by atoms with van der Waals surface area (Å²) in [6.07, 6.45) is 0. The first-order valence-corrected chi connectivity index (χ1v) is 15.9. The van der Waals surface area contributed by atoms with Crippen LogP contribution < -0.4 is 0 Å². The molecular formula is C43H25N3O2. The summed E-state index contributed by atoms with van der Waals surface area (Å²) < 4.78 is 12.7. The van der Waals surface area contributed by atoms with Gasteiger partial charge in [0.25, 0.3) is 0 Å². The quantitative estimate of drug-likeness (QED) is 0.197. The zero-order valence-electron chi connectivity index (χ0n) is 25.6. The molecule has 10 aromatic rings. The Labute approximate surface area is 274 Å². The van der Waals surface area contributed by atoms with Crippen LogP contribution in [0.2, 0.25) is 0 Å². The predicted octanol–water partition coefficient (Wildman–Crippen LogP) is 11.5. The third kappa shape index (κ3) is 4.22. The number of fused-ring (bicyclic) bond motifs is 8. The number of para-hydroxylation sites is 1. The van der Waals surface area contributed by atoms with E-state index in [1.54, 1.807) is 0 Å². The standard InChI is InChI=1S/C43H25N3O2/c1-3-11-26(12-4-1)33-23-28-15-7-8-16-31(28)40-39(33)35-25-30(20-22-38(35)48-40)43-45-41(27-13-5-2-6-14-27)44-42(46-43)29-19-21-37-34(24-29)32-17-9-10-18-36(32)47-37/h1-25H. The number of nitrogens with zero attached hydrogens (tertiary/aromatic N) is 3. The number of hydrogen-bond acceptors (Lipinski definition) is 5. The van der Waals surface area contributed by atoms with Crippen LogP contribution in [0.4, 0.5) is 0 Å². The van der Waals surface area contributed by atoms with Crippen LogP contribution in [0.15, 0.2) is 160 Å². The Kier molecular flexibility index (Phi) is 5.81. The van der Waals surface area contributed by atoms with Gasteiger partial charge in [-0.15, -0.1) is 0 Å². The van der Waals surface area contributed by atoms with Crippen molar-refractivity contribution in [3.05, 3.63) is 152 Å².